The first-order valence-corrected chi connectivity index (χ1v) is 16.2. The Hall–Kier alpha value is -2.64. The molecular weight excluding hydrogens is 612 g/mol. The zero-order valence-electron chi connectivity index (χ0n) is 25.5. The molecule has 3 N–H and O–H groups in total. The van der Waals surface area contributed by atoms with E-state index in [0.29, 0.717) is 11.5 Å². The summed E-state index contributed by atoms with van der Waals surface area (Å²) in [6, 6.07) is 22.5. The first-order valence-electron chi connectivity index (χ1n) is 14.7. The molecule has 3 aromatic carbocycles. The molecule has 2 aliphatic rings. The highest BCUT2D eigenvalue weighted by molar-refractivity contribution is 7.47. The second kappa shape index (κ2) is 15.1. The fourth-order valence-corrected chi connectivity index (χ4v) is 6.66. The molecule has 2 unspecified atom stereocenters. The van der Waals surface area contributed by atoms with Crippen LogP contribution < -0.4 is 9.47 Å². The van der Waals surface area contributed by atoms with Crippen LogP contribution in [0.1, 0.15) is 23.1 Å². The highest BCUT2D eigenvalue weighted by atomic mass is 31.2. The molecule has 2 saturated heterocycles. The number of aliphatic hydroxyl groups excluding tert-OH is 2. The van der Waals surface area contributed by atoms with Gasteiger partial charge >= 0.3 is 7.82 Å². The summed E-state index contributed by atoms with van der Waals surface area (Å²) in [4.78, 5) is 10.6. The quantitative estimate of drug-likeness (QED) is 0.135. The number of methoxy groups -OCH3 is 2. The van der Waals surface area contributed by atoms with E-state index in [9.17, 15) is 19.7 Å². The van der Waals surface area contributed by atoms with E-state index >= 15 is 0 Å². The molecule has 0 bridgehead atoms. The number of ether oxygens (including phenoxy) is 5. The van der Waals surface area contributed by atoms with Gasteiger partial charge in [-0.05, 0) is 47.4 Å². The molecule has 2 heterocycles. The molecule has 2 fully saturated rings. The molecule has 0 aliphatic carbocycles. The topological polar surface area (TPSA) is 142 Å². The molecule has 2 aliphatic heterocycles. The van der Waals surface area contributed by atoms with Gasteiger partial charge in [-0.1, -0.05) is 54.6 Å². The third-order valence-electron chi connectivity index (χ3n) is 8.13. The monoisotopic (exact) mass is 647 g/mol. The average Bonchev–Trinajstić information content (AvgIpc) is 3.58. The van der Waals surface area contributed by atoms with E-state index in [1.807, 2.05) is 78.9 Å². The second-order valence-corrected chi connectivity index (χ2v) is 12.4. The lowest BCUT2D eigenvalue weighted by Crippen LogP contribution is -2.41. The summed E-state index contributed by atoms with van der Waals surface area (Å²) in [6.07, 6.45) is -5.64. The molecule has 5 rings (SSSR count). The van der Waals surface area contributed by atoms with Gasteiger partial charge in [-0.25, -0.2) is 4.57 Å². The lowest BCUT2D eigenvalue weighted by atomic mass is 9.51. The Morgan fingerprint density at radius 2 is 1.43 bits per heavy atom. The Labute approximate surface area is 271 Å². The SMILES string of the molecule is [B][B][C@H]1C[C@@H](O)[C@@H](COP(=O)(O)O[C@@H]2C(O)[C@H]([B])O[C@@H]2COC(c2ccccc2)(c2ccc(OC)cc2)c2ccc(OC)cc2)O1. The molecule has 239 valence electrons. The summed E-state index contributed by atoms with van der Waals surface area (Å²) in [5.74, 6) is 1.29. The summed E-state index contributed by atoms with van der Waals surface area (Å²) in [7, 11) is 11.1. The zero-order valence-corrected chi connectivity index (χ0v) is 26.3. The Bertz CT molecular complexity index is 1400. The Balaban J connectivity index is 1.43. The summed E-state index contributed by atoms with van der Waals surface area (Å²) < 4.78 is 52.5. The van der Waals surface area contributed by atoms with Gasteiger partial charge in [0.1, 0.15) is 49.4 Å². The maximum Gasteiger partial charge on any atom is 0.472 e. The molecule has 15 heteroatoms. The number of hydrogen-bond donors (Lipinski definition) is 3. The van der Waals surface area contributed by atoms with Crippen molar-refractivity contribution in [2.75, 3.05) is 27.4 Å². The van der Waals surface area contributed by atoms with Crippen LogP contribution in [0.3, 0.4) is 0 Å². The van der Waals surface area contributed by atoms with Crippen molar-refractivity contribution < 1.29 is 52.4 Å². The van der Waals surface area contributed by atoms with Crippen molar-refractivity contribution in [3.63, 3.8) is 0 Å². The fourth-order valence-electron chi connectivity index (χ4n) is 5.70. The molecule has 3 aromatic rings. The number of hydrogen-bond acceptors (Lipinski definition) is 10. The minimum absolute atomic E-state index is 0.218. The number of benzene rings is 3. The Kier molecular flexibility index (Phi) is 11.4. The van der Waals surface area contributed by atoms with Crippen molar-refractivity contribution in [2.24, 2.45) is 0 Å². The van der Waals surface area contributed by atoms with Crippen LogP contribution in [-0.4, -0.2) is 108 Å². The van der Waals surface area contributed by atoms with E-state index in [4.69, 9.17) is 48.3 Å². The van der Waals surface area contributed by atoms with Crippen LogP contribution in [0.4, 0.5) is 0 Å². The van der Waals surface area contributed by atoms with Gasteiger partial charge in [0, 0.05) is 19.7 Å². The van der Waals surface area contributed by atoms with Gasteiger partial charge in [-0.3, -0.25) is 9.05 Å². The molecular formula is C31H35B3O11P. The van der Waals surface area contributed by atoms with Crippen molar-refractivity contribution >= 4 is 30.6 Å². The summed E-state index contributed by atoms with van der Waals surface area (Å²) in [5, 5.41) is 21.0. The minimum atomic E-state index is -4.82. The highest BCUT2D eigenvalue weighted by Crippen LogP contribution is 2.48. The molecule has 46 heavy (non-hydrogen) atoms. The predicted molar refractivity (Wildman–Crippen MR) is 170 cm³/mol. The molecule has 8 atom stereocenters. The van der Waals surface area contributed by atoms with Crippen LogP contribution in [0.5, 0.6) is 11.5 Å². The van der Waals surface area contributed by atoms with Crippen molar-refractivity contribution in [1.82, 2.24) is 0 Å². The fraction of sp³-hybridized carbons (Fsp3) is 0.419. The molecule has 11 nitrogen and oxygen atoms in total. The van der Waals surface area contributed by atoms with E-state index in [1.54, 1.807) is 14.2 Å². The normalized spacial score (nSPS) is 27.6. The maximum absolute atomic E-state index is 13.0. The Morgan fingerprint density at radius 1 is 0.870 bits per heavy atom. The maximum atomic E-state index is 13.0. The van der Waals surface area contributed by atoms with Gasteiger partial charge in [0.2, 0.25) is 0 Å². The standard InChI is InChI=1S/C31H35B3O11P/c1-39-22-12-8-20(9-13-22)31(19-6-4-3-5-7-19,21-10-14-23(40-2)15-11-21)41-17-26-29(28(36)30(32)44-26)45-46(37,38)42-18-25-24(35)16-27(34-33)43-25/h3-15,24-30,35-36H,16-18H2,1-2H3,(H,37,38)/t24-,25-,26-,27-,28?,29+,30-/m1/s1. The van der Waals surface area contributed by atoms with E-state index < -0.39 is 62.6 Å². The number of rotatable bonds is 14. The smallest absolute Gasteiger partial charge is 0.472 e. The Morgan fingerprint density at radius 3 is 1.96 bits per heavy atom. The van der Waals surface area contributed by atoms with Gasteiger partial charge in [0.15, 0.2) is 0 Å². The van der Waals surface area contributed by atoms with Gasteiger partial charge in [0.25, 0.3) is 0 Å². The number of phosphoric acid groups is 1. The first-order chi connectivity index (χ1) is 22.1. The van der Waals surface area contributed by atoms with Gasteiger partial charge in [-0.2, -0.15) is 0 Å². The highest BCUT2D eigenvalue weighted by Gasteiger charge is 2.48. The lowest BCUT2D eigenvalue weighted by Gasteiger charge is -2.37. The third kappa shape index (κ3) is 7.57. The van der Waals surface area contributed by atoms with E-state index in [1.165, 1.54) is 7.17 Å². The van der Waals surface area contributed by atoms with Crippen molar-refractivity contribution in [3.8, 4) is 11.5 Å². The molecule has 0 spiro atoms. The summed E-state index contributed by atoms with van der Waals surface area (Å²) in [5.41, 5.74) is 1.01. The number of aliphatic hydroxyl groups is 2. The van der Waals surface area contributed by atoms with Crippen LogP contribution in [0, 0.1) is 0 Å². The van der Waals surface area contributed by atoms with Gasteiger partial charge in [0.05, 0.1) is 40.7 Å². The third-order valence-corrected chi connectivity index (χ3v) is 9.12. The van der Waals surface area contributed by atoms with Crippen LogP contribution in [0.15, 0.2) is 78.9 Å². The zero-order chi connectivity index (χ0) is 32.9. The van der Waals surface area contributed by atoms with Crippen molar-refractivity contribution in [3.05, 3.63) is 95.6 Å². The van der Waals surface area contributed by atoms with Crippen molar-refractivity contribution in [2.45, 2.75) is 54.5 Å². The van der Waals surface area contributed by atoms with Crippen LogP contribution in [-0.2, 0) is 33.4 Å². The minimum Gasteiger partial charge on any atom is -0.497 e. The van der Waals surface area contributed by atoms with E-state index in [0.717, 1.165) is 16.7 Å². The average molecular weight is 647 g/mol. The second-order valence-electron chi connectivity index (χ2n) is 11.0. The lowest BCUT2D eigenvalue weighted by molar-refractivity contribution is -0.0766. The number of phosphoric ester groups is 1. The molecule has 5 radical (unpaired) electrons. The van der Waals surface area contributed by atoms with Gasteiger partial charge in [-0.15, -0.1) is 0 Å². The largest absolute Gasteiger partial charge is 0.497 e. The summed E-state index contributed by atoms with van der Waals surface area (Å²) in [6.45, 7) is -0.691. The van der Waals surface area contributed by atoms with Crippen LogP contribution in [0.25, 0.3) is 0 Å². The molecule has 0 amide bonds. The van der Waals surface area contributed by atoms with Gasteiger partial charge < -0.3 is 38.8 Å². The van der Waals surface area contributed by atoms with E-state index in [-0.39, 0.29) is 13.0 Å². The van der Waals surface area contributed by atoms with E-state index in [2.05, 4.69) is 0 Å². The predicted octanol–water partition coefficient (Wildman–Crippen LogP) is 2.03. The first kappa shape index (κ1) is 34.7. The molecule has 0 aromatic heterocycles. The van der Waals surface area contributed by atoms with Crippen molar-refractivity contribution in [1.29, 1.82) is 0 Å². The van der Waals surface area contributed by atoms with Crippen LogP contribution >= 0.6 is 7.82 Å². The molecule has 0 saturated carbocycles. The summed E-state index contributed by atoms with van der Waals surface area (Å²) >= 11 is 0. The van der Waals surface area contributed by atoms with Crippen LogP contribution in [0.2, 0.25) is 0 Å².